The molecule has 0 saturated heterocycles. The molecular weight excluding hydrogens is 223 g/mol. The van der Waals surface area contributed by atoms with Crippen molar-refractivity contribution in [3.8, 4) is 0 Å². The Morgan fingerprint density at radius 1 is 1.35 bits per heavy atom. The summed E-state index contributed by atoms with van der Waals surface area (Å²) in [4.78, 5) is 7.76. The molecule has 0 spiro atoms. The van der Waals surface area contributed by atoms with Crippen LogP contribution in [0, 0.1) is 5.82 Å². The molecule has 1 rings (SSSR count). The van der Waals surface area contributed by atoms with Crippen LogP contribution in [0.15, 0.2) is 6.20 Å². The molecule has 0 aliphatic heterocycles. The second-order valence-corrected chi connectivity index (χ2v) is 3.62. The summed E-state index contributed by atoms with van der Waals surface area (Å²) in [6.45, 7) is 1.46. The lowest BCUT2D eigenvalue weighted by Crippen LogP contribution is -2.08. The number of unbranched alkanes of at least 4 members (excludes halogenated alkanes) is 2. The fourth-order valence-corrected chi connectivity index (χ4v) is 1.37. The zero-order valence-electron chi connectivity index (χ0n) is 10.3. The Balaban J connectivity index is 2.30. The molecule has 0 radical (unpaired) electrons. The van der Waals surface area contributed by atoms with Gasteiger partial charge in [-0.15, -0.1) is 0 Å². The molecule has 0 fully saturated rings. The highest BCUT2D eigenvalue weighted by Gasteiger charge is 2.04. The van der Waals surface area contributed by atoms with Crippen LogP contribution in [0.4, 0.5) is 16.2 Å². The topological polar surface area (TPSA) is 59.1 Å². The third kappa shape index (κ3) is 4.95. The van der Waals surface area contributed by atoms with E-state index in [2.05, 4.69) is 20.6 Å². The second kappa shape index (κ2) is 7.78. The monoisotopic (exact) mass is 242 g/mol. The van der Waals surface area contributed by atoms with E-state index in [0.29, 0.717) is 12.5 Å². The summed E-state index contributed by atoms with van der Waals surface area (Å²) in [6, 6.07) is 0. The van der Waals surface area contributed by atoms with Crippen LogP contribution in [0.3, 0.4) is 0 Å². The number of methoxy groups -OCH3 is 1. The largest absolute Gasteiger partial charge is 0.385 e. The molecule has 0 aromatic carbocycles. The minimum Gasteiger partial charge on any atom is -0.385 e. The highest BCUT2D eigenvalue weighted by Crippen LogP contribution is 2.11. The number of nitrogens with one attached hydrogen (secondary N) is 2. The van der Waals surface area contributed by atoms with Gasteiger partial charge in [0.05, 0.1) is 6.20 Å². The molecule has 0 aliphatic carbocycles. The number of anilines is 2. The van der Waals surface area contributed by atoms with Gasteiger partial charge >= 0.3 is 0 Å². The Bertz CT molecular complexity index is 335. The third-order valence-corrected chi connectivity index (χ3v) is 2.29. The lowest BCUT2D eigenvalue weighted by atomic mass is 10.2. The van der Waals surface area contributed by atoms with Crippen LogP contribution in [0.5, 0.6) is 0 Å². The first kappa shape index (κ1) is 13.6. The average Bonchev–Trinajstić information content (AvgIpc) is 2.35. The molecule has 96 valence electrons. The first-order valence-electron chi connectivity index (χ1n) is 5.71. The molecule has 6 heteroatoms. The van der Waals surface area contributed by atoms with Gasteiger partial charge in [0.15, 0.2) is 11.6 Å². The van der Waals surface area contributed by atoms with Gasteiger partial charge in [-0.3, -0.25) is 0 Å². The van der Waals surface area contributed by atoms with Crippen molar-refractivity contribution in [1.29, 1.82) is 0 Å². The maximum atomic E-state index is 13.3. The maximum absolute atomic E-state index is 13.3. The fraction of sp³-hybridized carbons (Fsp3) is 0.636. The Morgan fingerprint density at radius 3 is 2.88 bits per heavy atom. The van der Waals surface area contributed by atoms with E-state index in [9.17, 15) is 4.39 Å². The minimum absolute atomic E-state index is 0.246. The Hall–Kier alpha value is -1.43. The number of hydrogen-bond acceptors (Lipinski definition) is 5. The highest BCUT2D eigenvalue weighted by atomic mass is 19.1. The second-order valence-electron chi connectivity index (χ2n) is 3.62. The number of aromatic nitrogens is 2. The molecule has 0 saturated carbocycles. The molecule has 17 heavy (non-hydrogen) atoms. The summed E-state index contributed by atoms with van der Waals surface area (Å²) in [5.41, 5.74) is 0. The summed E-state index contributed by atoms with van der Waals surface area (Å²) in [5.74, 6) is 0.227. The van der Waals surface area contributed by atoms with E-state index in [1.165, 1.54) is 0 Å². The lowest BCUT2D eigenvalue weighted by molar-refractivity contribution is 0.192. The SMILES string of the molecule is CNc1ncc(F)c(NCCCCCOC)n1. The van der Waals surface area contributed by atoms with Crippen LogP contribution in [0.25, 0.3) is 0 Å². The number of hydrogen-bond donors (Lipinski definition) is 2. The lowest BCUT2D eigenvalue weighted by Gasteiger charge is -2.07. The predicted molar refractivity (Wildman–Crippen MR) is 65.8 cm³/mol. The molecule has 1 aromatic heterocycles. The number of ether oxygens (including phenoxy) is 1. The van der Waals surface area contributed by atoms with Gasteiger partial charge < -0.3 is 15.4 Å². The zero-order chi connectivity index (χ0) is 12.5. The van der Waals surface area contributed by atoms with E-state index < -0.39 is 5.82 Å². The molecule has 0 atom stereocenters. The van der Waals surface area contributed by atoms with Gasteiger partial charge in [-0.05, 0) is 19.3 Å². The molecule has 5 nitrogen and oxygen atoms in total. The molecular formula is C11H19FN4O. The van der Waals surface area contributed by atoms with Crippen molar-refractivity contribution < 1.29 is 9.13 Å². The van der Waals surface area contributed by atoms with E-state index in [1.807, 2.05) is 0 Å². The van der Waals surface area contributed by atoms with Gasteiger partial charge in [-0.2, -0.15) is 4.98 Å². The Kier molecular flexibility index (Phi) is 6.24. The average molecular weight is 242 g/mol. The van der Waals surface area contributed by atoms with Crippen molar-refractivity contribution in [3.63, 3.8) is 0 Å². The van der Waals surface area contributed by atoms with Gasteiger partial charge in [-0.25, -0.2) is 9.37 Å². The van der Waals surface area contributed by atoms with Crippen molar-refractivity contribution >= 4 is 11.8 Å². The van der Waals surface area contributed by atoms with Gasteiger partial charge in [0, 0.05) is 27.3 Å². The smallest absolute Gasteiger partial charge is 0.224 e. The van der Waals surface area contributed by atoms with Crippen LogP contribution in [-0.2, 0) is 4.74 Å². The van der Waals surface area contributed by atoms with E-state index >= 15 is 0 Å². The normalized spacial score (nSPS) is 10.3. The molecule has 1 heterocycles. The quantitative estimate of drug-likeness (QED) is 0.682. The van der Waals surface area contributed by atoms with Crippen LogP contribution in [0.1, 0.15) is 19.3 Å². The maximum Gasteiger partial charge on any atom is 0.224 e. The minimum atomic E-state index is -0.430. The molecule has 2 N–H and O–H groups in total. The summed E-state index contributed by atoms with van der Waals surface area (Å²) in [7, 11) is 3.38. The number of halogens is 1. The van der Waals surface area contributed by atoms with Crippen LogP contribution in [0.2, 0.25) is 0 Å². The van der Waals surface area contributed by atoms with Gasteiger partial charge in [0.2, 0.25) is 5.95 Å². The summed E-state index contributed by atoms with van der Waals surface area (Å²) in [6.07, 6.45) is 4.19. The van der Waals surface area contributed by atoms with E-state index in [0.717, 1.165) is 32.1 Å². The van der Waals surface area contributed by atoms with Crippen molar-refractivity contribution in [3.05, 3.63) is 12.0 Å². The fourth-order valence-electron chi connectivity index (χ4n) is 1.37. The van der Waals surface area contributed by atoms with Crippen molar-refractivity contribution in [2.24, 2.45) is 0 Å². The van der Waals surface area contributed by atoms with Crippen molar-refractivity contribution in [2.45, 2.75) is 19.3 Å². The van der Waals surface area contributed by atoms with E-state index in [4.69, 9.17) is 4.74 Å². The molecule has 0 amide bonds. The molecule has 0 aliphatic rings. The predicted octanol–water partition coefficient (Wildman–Crippen LogP) is 1.89. The standard InChI is InChI=1S/C11H19FN4O/c1-13-11-15-8-9(12)10(16-11)14-6-4-3-5-7-17-2/h8H,3-7H2,1-2H3,(H2,13,14,15,16). The first-order chi connectivity index (χ1) is 8.27. The first-order valence-corrected chi connectivity index (χ1v) is 5.71. The van der Waals surface area contributed by atoms with E-state index in [-0.39, 0.29) is 5.82 Å². The van der Waals surface area contributed by atoms with Crippen LogP contribution >= 0.6 is 0 Å². The number of rotatable bonds is 8. The molecule has 1 aromatic rings. The summed E-state index contributed by atoms with van der Waals surface area (Å²) in [5, 5.41) is 5.73. The molecule has 0 bridgehead atoms. The van der Waals surface area contributed by atoms with Crippen molar-refractivity contribution in [2.75, 3.05) is 37.9 Å². The van der Waals surface area contributed by atoms with Crippen molar-refractivity contribution in [1.82, 2.24) is 9.97 Å². The van der Waals surface area contributed by atoms with Gasteiger partial charge in [-0.1, -0.05) is 0 Å². The summed E-state index contributed by atoms with van der Waals surface area (Å²) >= 11 is 0. The van der Waals surface area contributed by atoms with Crippen LogP contribution in [-0.4, -0.2) is 37.3 Å². The Morgan fingerprint density at radius 2 is 2.18 bits per heavy atom. The molecule has 0 unspecified atom stereocenters. The highest BCUT2D eigenvalue weighted by molar-refractivity contribution is 5.40. The van der Waals surface area contributed by atoms with Crippen LogP contribution < -0.4 is 10.6 Å². The summed E-state index contributed by atoms with van der Waals surface area (Å²) < 4.78 is 18.2. The third-order valence-electron chi connectivity index (χ3n) is 2.29. The van der Waals surface area contributed by atoms with Gasteiger partial charge in [0.1, 0.15) is 0 Å². The van der Waals surface area contributed by atoms with E-state index in [1.54, 1.807) is 14.2 Å². The zero-order valence-corrected chi connectivity index (χ0v) is 10.3. The Labute approximate surface area is 101 Å². The number of nitrogens with zero attached hydrogens (tertiary/aromatic N) is 2. The van der Waals surface area contributed by atoms with Gasteiger partial charge in [0.25, 0.3) is 0 Å².